The van der Waals surface area contributed by atoms with E-state index in [1.165, 1.54) is 64.2 Å². The third kappa shape index (κ3) is 29.7. The van der Waals surface area contributed by atoms with E-state index in [4.69, 9.17) is 18.5 Å². The minimum Gasteiger partial charge on any atom is -0.462 e. The normalized spacial score (nSPS) is 22.4. The Morgan fingerprint density at radius 2 is 0.885 bits per heavy atom. The molecular weight excluding hydrogens is 803 g/mol. The largest absolute Gasteiger partial charge is 0.472 e. The molecule has 0 aliphatic heterocycles. The summed E-state index contributed by atoms with van der Waals surface area (Å²) >= 11 is 0. The van der Waals surface area contributed by atoms with Crippen molar-refractivity contribution in [2.45, 2.75) is 224 Å². The molecule has 0 radical (unpaired) electrons. The number of ether oxygens (including phenoxy) is 2. The number of phosphoric ester groups is 1. The molecule has 0 amide bonds. The van der Waals surface area contributed by atoms with Crippen molar-refractivity contribution in [2.24, 2.45) is 0 Å². The molecule has 1 aliphatic carbocycles. The summed E-state index contributed by atoms with van der Waals surface area (Å²) in [4.78, 5) is 35.7. The minimum absolute atomic E-state index is 0.0692. The fourth-order valence-corrected chi connectivity index (χ4v) is 7.79. The van der Waals surface area contributed by atoms with Gasteiger partial charge in [0.2, 0.25) is 0 Å². The fourth-order valence-electron chi connectivity index (χ4n) is 6.82. The molecule has 6 unspecified atom stereocenters. The van der Waals surface area contributed by atoms with Crippen molar-refractivity contribution in [3.63, 3.8) is 0 Å². The summed E-state index contributed by atoms with van der Waals surface area (Å²) in [6.45, 7) is 3.23. The first-order valence-corrected chi connectivity index (χ1v) is 24.9. The van der Waals surface area contributed by atoms with Gasteiger partial charge in [0.05, 0.1) is 6.61 Å². The van der Waals surface area contributed by atoms with Gasteiger partial charge in [-0.3, -0.25) is 18.6 Å². The lowest BCUT2D eigenvalue weighted by Gasteiger charge is -2.41. The van der Waals surface area contributed by atoms with Crippen molar-refractivity contribution in [1.82, 2.24) is 0 Å². The van der Waals surface area contributed by atoms with Crippen molar-refractivity contribution in [2.75, 3.05) is 13.2 Å². The Balaban J connectivity index is 2.48. The number of phosphoric acid groups is 1. The monoisotopic (exact) mass is 887 g/mol. The van der Waals surface area contributed by atoms with Crippen LogP contribution in [0.1, 0.15) is 181 Å². The molecule has 1 rings (SSSR count). The van der Waals surface area contributed by atoms with Crippen molar-refractivity contribution >= 4 is 19.8 Å². The molecule has 8 atom stereocenters. The highest BCUT2D eigenvalue weighted by Gasteiger charge is 2.51. The lowest BCUT2D eigenvalue weighted by Crippen LogP contribution is -2.64. The number of carbonyl (C=O) groups excluding carboxylic acids is 2. The summed E-state index contributed by atoms with van der Waals surface area (Å²) in [5, 5.41) is 50.1. The standard InChI is InChI=1S/C47H83O13P/c1-3-5-7-9-11-13-15-17-19-20-22-24-26-28-30-32-34-36-41(49)59-39(38-58-61(55,56)60-47-45(53)43(51)42(50)44(52)46(47)54)37-57-40(48)35-33-31-29-27-25-23-21-18-16-14-12-10-8-6-4-2/h11,13-14,16-17,19,22,24,39,42-47,50-54H,3-10,12,15,18,20-21,23,25-38H2,1-2H3,(H,55,56)/b13-11-,16-14-,19-17-,24-22-/t39-,42?,43-,44?,45?,46?,47?/m1/s1. The molecule has 6 N–H and O–H groups in total. The topological polar surface area (TPSA) is 210 Å². The van der Waals surface area contributed by atoms with Gasteiger partial charge in [-0.15, -0.1) is 0 Å². The first kappa shape index (κ1) is 56.8. The van der Waals surface area contributed by atoms with Gasteiger partial charge in [0.1, 0.15) is 43.2 Å². The van der Waals surface area contributed by atoms with Gasteiger partial charge in [-0.1, -0.05) is 140 Å². The predicted octanol–water partition coefficient (Wildman–Crippen LogP) is 9.17. The van der Waals surface area contributed by atoms with Crippen LogP contribution in [0.25, 0.3) is 0 Å². The zero-order valence-electron chi connectivity index (χ0n) is 37.4. The second kappa shape index (κ2) is 37.2. The van der Waals surface area contributed by atoms with Crippen LogP contribution in [-0.2, 0) is 32.7 Å². The second-order valence-corrected chi connectivity index (χ2v) is 17.7. The first-order valence-electron chi connectivity index (χ1n) is 23.4. The van der Waals surface area contributed by atoms with Crippen molar-refractivity contribution in [1.29, 1.82) is 0 Å². The van der Waals surface area contributed by atoms with Crippen LogP contribution in [0.4, 0.5) is 0 Å². The number of esters is 2. The Kier molecular flexibility index (Phi) is 34.7. The number of carbonyl (C=O) groups is 2. The number of unbranched alkanes of at least 4 members (excludes halogenated alkanes) is 18. The van der Waals surface area contributed by atoms with E-state index in [1.807, 2.05) is 0 Å². The van der Waals surface area contributed by atoms with Crippen LogP contribution >= 0.6 is 7.82 Å². The third-order valence-electron chi connectivity index (χ3n) is 10.6. The highest BCUT2D eigenvalue weighted by Crippen LogP contribution is 2.47. The van der Waals surface area contributed by atoms with E-state index in [0.717, 1.165) is 77.0 Å². The third-order valence-corrected chi connectivity index (χ3v) is 11.6. The van der Waals surface area contributed by atoms with Crippen LogP contribution in [0.15, 0.2) is 48.6 Å². The van der Waals surface area contributed by atoms with E-state index in [2.05, 4.69) is 62.5 Å². The lowest BCUT2D eigenvalue weighted by molar-refractivity contribution is -0.220. The number of allylic oxidation sites excluding steroid dienone is 8. The van der Waals surface area contributed by atoms with Gasteiger partial charge in [0, 0.05) is 12.8 Å². The maximum absolute atomic E-state index is 12.8. The molecule has 0 spiro atoms. The predicted molar refractivity (Wildman–Crippen MR) is 239 cm³/mol. The van der Waals surface area contributed by atoms with E-state index in [1.54, 1.807) is 0 Å². The SMILES string of the molecule is CCCCC/C=C\C/C=C\C/C=C\CCCCCCC(=O)O[C@H](COC(=O)CCCCCCCCC/C=C\CCCCCC)COP(=O)(O)OC1C(O)C(O)C(O)[C@@H](O)C1O. The van der Waals surface area contributed by atoms with Crippen molar-refractivity contribution < 1.29 is 63.1 Å². The molecule has 1 aliphatic rings. The van der Waals surface area contributed by atoms with Gasteiger partial charge in [0.15, 0.2) is 6.10 Å². The molecule has 61 heavy (non-hydrogen) atoms. The first-order chi connectivity index (χ1) is 29.4. The lowest BCUT2D eigenvalue weighted by atomic mass is 9.85. The Labute approximate surface area is 367 Å². The van der Waals surface area contributed by atoms with E-state index >= 15 is 0 Å². The average Bonchev–Trinajstić information content (AvgIpc) is 3.24. The van der Waals surface area contributed by atoms with Crippen molar-refractivity contribution in [3.8, 4) is 0 Å². The maximum atomic E-state index is 12.8. The number of hydrogen-bond donors (Lipinski definition) is 6. The van der Waals surface area contributed by atoms with E-state index in [9.17, 15) is 44.6 Å². The Hall–Kier alpha value is -2.19. The van der Waals surface area contributed by atoms with Crippen LogP contribution < -0.4 is 0 Å². The fraction of sp³-hybridized carbons (Fsp3) is 0.787. The number of hydrogen-bond acceptors (Lipinski definition) is 12. The van der Waals surface area contributed by atoms with Crippen molar-refractivity contribution in [3.05, 3.63) is 48.6 Å². The number of aliphatic hydroxyl groups excluding tert-OH is 5. The number of rotatable bonds is 38. The summed E-state index contributed by atoms with van der Waals surface area (Å²) in [6, 6.07) is 0. The van der Waals surface area contributed by atoms with E-state index in [0.29, 0.717) is 12.8 Å². The zero-order valence-corrected chi connectivity index (χ0v) is 38.3. The zero-order chi connectivity index (χ0) is 45.0. The highest BCUT2D eigenvalue weighted by molar-refractivity contribution is 7.47. The summed E-state index contributed by atoms with van der Waals surface area (Å²) < 4.78 is 33.5. The molecule has 0 aromatic carbocycles. The van der Waals surface area contributed by atoms with Gasteiger partial charge in [-0.25, -0.2) is 4.57 Å². The molecule has 0 aromatic rings. The van der Waals surface area contributed by atoms with E-state index < -0.39 is 75.7 Å². The molecule has 0 saturated heterocycles. The average molecular weight is 887 g/mol. The van der Waals surface area contributed by atoms with Crippen LogP contribution in [0.3, 0.4) is 0 Å². The van der Waals surface area contributed by atoms with Gasteiger partial charge in [-0.2, -0.15) is 0 Å². The molecule has 0 bridgehead atoms. The molecule has 1 fully saturated rings. The summed E-state index contributed by atoms with van der Waals surface area (Å²) in [7, 11) is -5.13. The van der Waals surface area contributed by atoms with Crippen LogP contribution in [0.2, 0.25) is 0 Å². The van der Waals surface area contributed by atoms with E-state index in [-0.39, 0.29) is 12.8 Å². The van der Waals surface area contributed by atoms with Crippen LogP contribution in [0, 0.1) is 0 Å². The van der Waals surface area contributed by atoms with Crippen LogP contribution in [0.5, 0.6) is 0 Å². The molecule has 13 nitrogen and oxygen atoms in total. The van der Waals surface area contributed by atoms with Gasteiger partial charge < -0.3 is 39.9 Å². The molecule has 14 heteroatoms. The summed E-state index contributed by atoms with van der Waals surface area (Å²) in [5.74, 6) is -1.13. The Morgan fingerprint density at radius 3 is 1.39 bits per heavy atom. The molecule has 354 valence electrons. The highest BCUT2D eigenvalue weighted by atomic mass is 31.2. The molecular formula is C47H83O13P. The van der Waals surface area contributed by atoms with Crippen LogP contribution in [-0.4, -0.2) is 98.3 Å². The molecule has 0 aromatic heterocycles. The summed E-state index contributed by atoms with van der Waals surface area (Å²) in [5.41, 5.74) is 0. The molecule has 1 saturated carbocycles. The van der Waals surface area contributed by atoms with Gasteiger partial charge in [0.25, 0.3) is 0 Å². The Morgan fingerprint density at radius 1 is 0.508 bits per heavy atom. The smallest absolute Gasteiger partial charge is 0.462 e. The summed E-state index contributed by atoms with van der Waals surface area (Å²) in [6.07, 6.45) is 30.1. The van der Waals surface area contributed by atoms with Gasteiger partial charge in [-0.05, 0) is 77.0 Å². The quantitative estimate of drug-likeness (QED) is 0.0148. The number of aliphatic hydroxyl groups is 5. The van der Waals surface area contributed by atoms with Gasteiger partial charge >= 0.3 is 19.8 Å². The molecule has 0 heterocycles. The Bertz CT molecular complexity index is 1250. The minimum atomic E-state index is -5.13. The second-order valence-electron chi connectivity index (χ2n) is 16.3. The maximum Gasteiger partial charge on any atom is 0.472 e.